The van der Waals surface area contributed by atoms with Crippen molar-refractivity contribution in [3.8, 4) is 11.5 Å². The van der Waals surface area contributed by atoms with Crippen LogP contribution in [-0.2, 0) is 6.54 Å². The molecule has 0 aromatic heterocycles. The number of nitrogens with one attached hydrogen (secondary N) is 1. The van der Waals surface area contributed by atoms with E-state index in [4.69, 9.17) is 4.74 Å². The number of ether oxygens (including phenoxy) is 1. The van der Waals surface area contributed by atoms with Gasteiger partial charge in [0.2, 0.25) is 0 Å². The molecular formula is C13H19NO2. The van der Waals surface area contributed by atoms with Crippen LogP contribution in [0.4, 0.5) is 0 Å². The second-order valence-corrected chi connectivity index (χ2v) is 4.39. The van der Waals surface area contributed by atoms with Crippen LogP contribution in [0.15, 0.2) is 18.2 Å². The molecule has 16 heavy (non-hydrogen) atoms. The summed E-state index contributed by atoms with van der Waals surface area (Å²) in [5, 5.41) is 13.1. The van der Waals surface area contributed by atoms with Gasteiger partial charge in [0.25, 0.3) is 0 Å². The molecule has 2 atom stereocenters. The van der Waals surface area contributed by atoms with E-state index in [0.29, 0.717) is 18.3 Å². The molecule has 2 rings (SSSR count). The average molecular weight is 221 g/mol. The number of phenols is 1. The third-order valence-electron chi connectivity index (χ3n) is 3.29. The molecule has 0 heterocycles. The topological polar surface area (TPSA) is 41.5 Å². The summed E-state index contributed by atoms with van der Waals surface area (Å²) in [5.41, 5.74) is 0.904. The van der Waals surface area contributed by atoms with Gasteiger partial charge in [0, 0.05) is 18.2 Å². The predicted molar refractivity (Wildman–Crippen MR) is 63.7 cm³/mol. The van der Waals surface area contributed by atoms with Crippen molar-refractivity contribution < 1.29 is 9.84 Å². The van der Waals surface area contributed by atoms with Crippen molar-refractivity contribution >= 4 is 0 Å². The molecule has 2 unspecified atom stereocenters. The Labute approximate surface area is 96.4 Å². The van der Waals surface area contributed by atoms with Crippen LogP contribution >= 0.6 is 0 Å². The summed E-state index contributed by atoms with van der Waals surface area (Å²) in [7, 11) is 1.64. The summed E-state index contributed by atoms with van der Waals surface area (Å²) in [6, 6.07) is 5.96. The summed E-state index contributed by atoms with van der Waals surface area (Å²) in [6.07, 6.45) is 2.50. The van der Waals surface area contributed by atoms with Gasteiger partial charge >= 0.3 is 0 Å². The van der Waals surface area contributed by atoms with Crippen LogP contribution in [-0.4, -0.2) is 18.3 Å². The zero-order valence-corrected chi connectivity index (χ0v) is 9.86. The van der Waals surface area contributed by atoms with Gasteiger partial charge in [0.05, 0.1) is 7.11 Å². The Morgan fingerprint density at radius 2 is 2.31 bits per heavy atom. The molecule has 3 heteroatoms. The molecule has 2 N–H and O–H groups in total. The molecule has 1 aromatic rings. The van der Waals surface area contributed by atoms with Crippen LogP contribution in [0.5, 0.6) is 11.5 Å². The van der Waals surface area contributed by atoms with Crippen LogP contribution in [0.25, 0.3) is 0 Å². The first-order chi connectivity index (χ1) is 7.74. The Kier molecular flexibility index (Phi) is 3.34. The fraction of sp³-hybridized carbons (Fsp3) is 0.538. The molecule has 3 nitrogen and oxygen atoms in total. The van der Waals surface area contributed by atoms with Crippen molar-refractivity contribution in [2.24, 2.45) is 5.92 Å². The molecule has 0 bridgehead atoms. The number of methoxy groups -OCH3 is 1. The van der Waals surface area contributed by atoms with E-state index in [9.17, 15) is 5.11 Å². The molecule has 1 saturated carbocycles. The largest absolute Gasteiger partial charge is 0.508 e. The van der Waals surface area contributed by atoms with E-state index in [1.165, 1.54) is 12.8 Å². The van der Waals surface area contributed by atoms with Gasteiger partial charge in [-0.3, -0.25) is 0 Å². The summed E-state index contributed by atoms with van der Waals surface area (Å²) >= 11 is 0. The minimum absolute atomic E-state index is 0.335. The van der Waals surface area contributed by atoms with Crippen molar-refractivity contribution in [1.29, 1.82) is 0 Å². The second kappa shape index (κ2) is 4.74. The minimum Gasteiger partial charge on any atom is -0.508 e. The van der Waals surface area contributed by atoms with Gasteiger partial charge < -0.3 is 15.2 Å². The van der Waals surface area contributed by atoms with Gasteiger partial charge in [-0.25, -0.2) is 0 Å². The molecule has 1 aromatic carbocycles. The van der Waals surface area contributed by atoms with Crippen LogP contribution in [0.2, 0.25) is 0 Å². The van der Waals surface area contributed by atoms with Gasteiger partial charge in [0.15, 0.2) is 0 Å². The molecule has 1 aliphatic carbocycles. The Bertz CT molecular complexity index is 365. The van der Waals surface area contributed by atoms with E-state index >= 15 is 0 Å². The lowest BCUT2D eigenvalue weighted by atomic mass is 10.2. The van der Waals surface area contributed by atoms with E-state index in [1.54, 1.807) is 19.2 Å². The van der Waals surface area contributed by atoms with E-state index < -0.39 is 0 Å². The van der Waals surface area contributed by atoms with Gasteiger partial charge in [-0.15, -0.1) is 0 Å². The van der Waals surface area contributed by atoms with Crippen LogP contribution in [0.1, 0.15) is 25.3 Å². The smallest absolute Gasteiger partial charge is 0.120 e. The van der Waals surface area contributed by atoms with Crippen LogP contribution in [0.3, 0.4) is 0 Å². The van der Waals surface area contributed by atoms with E-state index in [2.05, 4.69) is 12.2 Å². The van der Waals surface area contributed by atoms with Crippen molar-refractivity contribution in [3.63, 3.8) is 0 Å². The lowest BCUT2D eigenvalue weighted by molar-refractivity contribution is 0.410. The lowest BCUT2D eigenvalue weighted by Gasteiger charge is -2.08. The minimum atomic E-state index is 0.335. The zero-order valence-electron chi connectivity index (χ0n) is 9.86. The number of phenolic OH excluding ortho intramolecular Hbond substituents is 1. The second-order valence-electron chi connectivity index (χ2n) is 4.39. The monoisotopic (exact) mass is 221 g/mol. The number of hydrogen-bond donors (Lipinski definition) is 2. The molecule has 88 valence electrons. The molecule has 0 saturated heterocycles. The maximum atomic E-state index is 9.69. The van der Waals surface area contributed by atoms with Crippen LogP contribution in [0, 0.1) is 5.92 Å². The normalized spacial score (nSPS) is 23.1. The number of benzene rings is 1. The predicted octanol–water partition coefficient (Wildman–Crippen LogP) is 2.29. The molecule has 0 radical (unpaired) electrons. The maximum absolute atomic E-state index is 9.69. The number of aromatic hydroxyl groups is 1. The number of hydrogen-bond acceptors (Lipinski definition) is 3. The first-order valence-corrected chi connectivity index (χ1v) is 5.83. The molecule has 0 amide bonds. The van der Waals surface area contributed by atoms with Gasteiger partial charge in [-0.2, -0.15) is 0 Å². The fourth-order valence-electron chi connectivity index (χ4n) is 2.02. The highest BCUT2D eigenvalue weighted by Crippen LogP contribution is 2.34. The first-order valence-electron chi connectivity index (χ1n) is 5.83. The van der Waals surface area contributed by atoms with Crippen molar-refractivity contribution in [1.82, 2.24) is 5.32 Å². The van der Waals surface area contributed by atoms with Gasteiger partial charge in [-0.05, 0) is 30.5 Å². The molecule has 1 fully saturated rings. The van der Waals surface area contributed by atoms with Crippen molar-refractivity contribution in [2.75, 3.05) is 7.11 Å². The molecule has 1 aliphatic rings. The third kappa shape index (κ3) is 2.47. The van der Waals surface area contributed by atoms with Crippen molar-refractivity contribution in [2.45, 2.75) is 32.4 Å². The SMILES string of the molecule is CCC1CC1NCc1cc(OC)ccc1O. The fourth-order valence-corrected chi connectivity index (χ4v) is 2.02. The summed E-state index contributed by atoms with van der Waals surface area (Å²) < 4.78 is 5.14. The lowest BCUT2D eigenvalue weighted by Crippen LogP contribution is -2.17. The molecule has 0 aliphatic heterocycles. The molecule has 0 spiro atoms. The zero-order chi connectivity index (χ0) is 11.5. The quantitative estimate of drug-likeness (QED) is 0.801. The number of rotatable bonds is 5. The Hall–Kier alpha value is -1.22. The highest BCUT2D eigenvalue weighted by Gasteiger charge is 2.34. The van der Waals surface area contributed by atoms with Crippen LogP contribution < -0.4 is 10.1 Å². The standard InChI is InChI=1S/C13H19NO2/c1-3-9-7-12(9)14-8-10-6-11(16-2)4-5-13(10)15/h4-6,9,12,14-15H,3,7-8H2,1-2H3. The highest BCUT2D eigenvalue weighted by molar-refractivity contribution is 5.39. The van der Waals surface area contributed by atoms with E-state index in [0.717, 1.165) is 17.2 Å². The van der Waals surface area contributed by atoms with Gasteiger partial charge in [-0.1, -0.05) is 13.3 Å². The average Bonchev–Trinajstić information content (AvgIpc) is 3.07. The summed E-state index contributed by atoms with van der Waals surface area (Å²) in [4.78, 5) is 0. The summed E-state index contributed by atoms with van der Waals surface area (Å²) in [5.74, 6) is 1.95. The van der Waals surface area contributed by atoms with Gasteiger partial charge in [0.1, 0.15) is 11.5 Å². The third-order valence-corrected chi connectivity index (χ3v) is 3.29. The van der Waals surface area contributed by atoms with Crippen molar-refractivity contribution in [3.05, 3.63) is 23.8 Å². The Morgan fingerprint density at radius 3 is 2.94 bits per heavy atom. The maximum Gasteiger partial charge on any atom is 0.120 e. The first kappa shape index (κ1) is 11.3. The Balaban J connectivity index is 1.93. The summed E-state index contributed by atoms with van der Waals surface area (Å²) in [6.45, 7) is 2.93. The van der Waals surface area contributed by atoms with E-state index in [1.807, 2.05) is 6.07 Å². The highest BCUT2D eigenvalue weighted by atomic mass is 16.5. The van der Waals surface area contributed by atoms with E-state index in [-0.39, 0.29) is 0 Å². The molecular weight excluding hydrogens is 202 g/mol. The Morgan fingerprint density at radius 1 is 1.50 bits per heavy atom.